The molecule has 1 unspecified atom stereocenters. The van der Waals surface area contributed by atoms with E-state index in [1.807, 2.05) is 30.3 Å². The zero-order chi connectivity index (χ0) is 29.7. The van der Waals surface area contributed by atoms with Crippen LogP contribution in [0.5, 0.6) is 5.75 Å². The lowest BCUT2D eigenvalue weighted by molar-refractivity contribution is -0.119. The molecule has 0 bridgehead atoms. The average molecular weight is 602 g/mol. The monoisotopic (exact) mass is 601 g/mol. The fourth-order valence-corrected chi connectivity index (χ4v) is 7.62. The van der Waals surface area contributed by atoms with Crippen LogP contribution in [0.25, 0.3) is 0 Å². The lowest BCUT2D eigenvalue weighted by Crippen LogP contribution is -2.52. The topological polar surface area (TPSA) is 144 Å². The second kappa shape index (κ2) is 13.4. The highest BCUT2D eigenvalue weighted by molar-refractivity contribution is 7.89. The summed E-state index contributed by atoms with van der Waals surface area (Å²) in [6.07, 6.45) is 1.36. The number of ether oxygens (including phenoxy) is 3. The van der Waals surface area contributed by atoms with Crippen molar-refractivity contribution < 1.29 is 37.3 Å². The van der Waals surface area contributed by atoms with Crippen LogP contribution in [0, 0.1) is 5.92 Å². The molecule has 0 radical (unpaired) electrons. The summed E-state index contributed by atoms with van der Waals surface area (Å²) in [7, 11) is -2.59. The van der Waals surface area contributed by atoms with Crippen molar-refractivity contribution in [2.75, 3.05) is 26.8 Å². The zero-order valence-corrected chi connectivity index (χ0v) is 24.5. The summed E-state index contributed by atoms with van der Waals surface area (Å²) in [4.78, 5) is 25.0. The zero-order valence-electron chi connectivity index (χ0n) is 23.7. The number of rotatable bonds is 12. The average Bonchev–Trinajstić information content (AvgIpc) is 3.72. The molecule has 42 heavy (non-hydrogen) atoms. The van der Waals surface area contributed by atoms with E-state index >= 15 is 0 Å². The van der Waals surface area contributed by atoms with Gasteiger partial charge in [0.2, 0.25) is 15.9 Å². The molecule has 2 saturated heterocycles. The van der Waals surface area contributed by atoms with Gasteiger partial charge in [0.25, 0.3) is 0 Å². The normalized spacial score (nSPS) is 25.1. The molecule has 0 spiro atoms. The Balaban J connectivity index is 1.34. The van der Waals surface area contributed by atoms with Crippen molar-refractivity contribution in [2.24, 2.45) is 5.92 Å². The molecule has 1 saturated carbocycles. The quantitative estimate of drug-likeness (QED) is 0.336. The van der Waals surface area contributed by atoms with Gasteiger partial charge in [0.05, 0.1) is 30.3 Å². The number of methoxy groups -OCH3 is 1. The molecule has 0 aromatic heterocycles. The highest BCUT2D eigenvalue weighted by Crippen LogP contribution is 2.37. The van der Waals surface area contributed by atoms with Gasteiger partial charge in [0.1, 0.15) is 11.9 Å². The number of hydrogen-bond acceptors (Lipinski definition) is 8. The van der Waals surface area contributed by atoms with E-state index < -0.39 is 34.3 Å². The number of carbonyl (C=O) groups is 2. The van der Waals surface area contributed by atoms with Crippen molar-refractivity contribution in [3.63, 3.8) is 0 Å². The number of benzene rings is 2. The lowest BCUT2D eigenvalue weighted by Gasteiger charge is -2.31. The third-order valence-corrected chi connectivity index (χ3v) is 10.2. The van der Waals surface area contributed by atoms with E-state index in [0.29, 0.717) is 25.2 Å². The summed E-state index contributed by atoms with van der Waals surface area (Å²) in [5.74, 6) is 0.530. The van der Waals surface area contributed by atoms with Gasteiger partial charge in [-0.25, -0.2) is 13.2 Å². The van der Waals surface area contributed by atoms with Crippen LogP contribution in [-0.2, 0) is 30.7 Å². The molecule has 2 aliphatic heterocycles. The Bertz CT molecular complexity index is 1320. The number of sulfonamides is 1. The minimum atomic E-state index is -4.08. The molecule has 11 nitrogen and oxygen atoms in total. The Kier molecular flexibility index (Phi) is 9.67. The van der Waals surface area contributed by atoms with Crippen LogP contribution in [0.15, 0.2) is 59.5 Å². The predicted molar refractivity (Wildman–Crippen MR) is 153 cm³/mol. The number of amides is 2. The molecule has 3 aliphatic rings. The van der Waals surface area contributed by atoms with Crippen LogP contribution >= 0.6 is 0 Å². The van der Waals surface area contributed by atoms with Gasteiger partial charge in [-0.05, 0) is 61.9 Å². The van der Waals surface area contributed by atoms with Crippen molar-refractivity contribution in [3.8, 4) is 5.75 Å². The Hall–Kier alpha value is -3.19. The van der Waals surface area contributed by atoms with Crippen LogP contribution < -0.4 is 15.4 Å². The first kappa shape index (κ1) is 30.3. The summed E-state index contributed by atoms with van der Waals surface area (Å²) in [6, 6.07) is 14.1. The number of aliphatic hydroxyl groups excluding tert-OH is 1. The Morgan fingerprint density at radius 2 is 1.88 bits per heavy atom. The number of carbonyl (C=O) groups excluding carboxylic acids is 2. The van der Waals surface area contributed by atoms with E-state index in [9.17, 15) is 23.1 Å². The van der Waals surface area contributed by atoms with Gasteiger partial charge >= 0.3 is 6.09 Å². The van der Waals surface area contributed by atoms with E-state index in [0.717, 1.165) is 24.8 Å². The molecule has 3 N–H and O–H groups in total. The third kappa shape index (κ3) is 7.23. The second-order valence-corrected chi connectivity index (χ2v) is 13.1. The fraction of sp³-hybridized carbons (Fsp3) is 0.533. The van der Waals surface area contributed by atoms with E-state index in [-0.39, 0.29) is 48.4 Å². The number of nitrogens with zero attached hydrogens (tertiary/aromatic N) is 1. The Morgan fingerprint density at radius 3 is 2.57 bits per heavy atom. The lowest BCUT2D eigenvalue weighted by atomic mass is 10.0. The van der Waals surface area contributed by atoms with Crippen molar-refractivity contribution in [2.45, 2.75) is 73.8 Å². The maximum Gasteiger partial charge on any atom is 0.407 e. The molecule has 228 valence electrons. The second-order valence-electron chi connectivity index (χ2n) is 11.2. The minimum absolute atomic E-state index is 0.0230. The van der Waals surface area contributed by atoms with Crippen LogP contribution in [0.1, 0.15) is 37.7 Å². The van der Waals surface area contributed by atoms with Gasteiger partial charge in [-0.1, -0.05) is 30.3 Å². The standard InChI is InChI=1S/C30H39N3O8S/c1-39-22-8-10-23(11-9-22)42(37,38)33(18-21-7-14-29(35)31-21)19-26(34)25(17-20-5-3-2-4-6-20)32-30(36)41-28-13-12-27-24(28)15-16-40-27/h2-6,8-11,21,24-28,34H,7,12-19H2,1H3,(H,31,35)(H,32,36)/t21?,24-,25+,26-,27-,28+/m1/s1. The summed E-state index contributed by atoms with van der Waals surface area (Å²) in [5.41, 5.74) is 0.861. The summed E-state index contributed by atoms with van der Waals surface area (Å²) >= 11 is 0. The molecule has 2 aromatic carbocycles. The third-order valence-electron chi connectivity index (χ3n) is 8.40. The Morgan fingerprint density at radius 1 is 1.12 bits per heavy atom. The highest BCUT2D eigenvalue weighted by Gasteiger charge is 2.43. The molecular formula is C30H39N3O8S. The molecular weight excluding hydrogens is 562 g/mol. The SMILES string of the molecule is COc1ccc(S(=O)(=O)N(CC2CCC(=O)N2)C[C@@H](O)[C@H](Cc2ccccc2)NC(=O)O[C@H]2CC[C@H]3OCC[C@@H]23)cc1. The van der Waals surface area contributed by atoms with Gasteiger partial charge in [0, 0.05) is 38.1 Å². The fourth-order valence-electron chi connectivity index (χ4n) is 6.11. The van der Waals surface area contributed by atoms with E-state index in [4.69, 9.17) is 14.2 Å². The molecule has 2 amide bonds. The van der Waals surface area contributed by atoms with Gasteiger partial charge in [0.15, 0.2) is 0 Å². The molecule has 2 aromatic rings. The van der Waals surface area contributed by atoms with Crippen molar-refractivity contribution in [3.05, 3.63) is 60.2 Å². The summed E-state index contributed by atoms with van der Waals surface area (Å²) < 4.78 is 45.5. The molecule has 2 heterocycles. The summed E-state index contributed by atoms with van der Waals surface area (Å²) in [6.45, 7) is 0.331. The van der Waals surface area contributed by atoms with Gasteiger partial charge < -0.3 is 30.0 Å². The van der Waals surface area contributed by atoms with Gasteiger partial charge in [-0.15, -0.1) is 0 Å². The number of alkyl carbamates (subject to hydrolysis) is 1. The number of hydrogen-bond donors (Lipinski definition) is 3. The predicted octanol–water partition coefficient (Wildman–Crippen LogP) is 2.23. The number of aliphatic hydroxyl groups is 1. The first-order valence-electron chi connectivity index (χ1n) is 14.5. The molecule has 5 rings (SSSR count). The van der Waals surface area contributed by atoms with Crippen LogP contribution in [-0.4, -0.2) is 87.0 Å². The summed E-state index contributed by atoms with van der Waals surface area (Å²) in [5, 5.41) is 17.2. The van der Waals surface area contributed by atoms with E-state index in [1.165, 1.54) is 23.5 Å². The highest BCUT2D eigenvalue weighted by atomic mass is 32.2. The maximum atomic E-state index is 13.8. The van der Waals surface area contributed by atoms with Crippen molar-refractivity contribution >= 4 is 22.0 Å². The Labute approximate surface area is 246 Å². The first-order chi connectivity index (χ1) is 20.2. The molecule has 3 fully saturated rings. The van der Waals surface area contributed by atoms with Crippen LogP contribution in [0.3, 0.4) is 0 Å². The number of nitrogens with one attached hydrogen (secondary N) is 2. The maximum absolute atomic E-state index is 13.8. The van der Waals surface area contributed by atoms with Crippen LogP contribution in [0.4, 0.5) is 4.79 Å². The smallest absolute Gasteiger partial charge is 0.407 e. The van der Waals surface area contributed by atoms with Gasteiger partial charge in [-0.3, -0.25) is 4.79 Å². The van der Waals surface area contributed by atoms with Crippen LogP contribution in [0.2, 0.25) is 0 Å². The largest absolute Gasteiger partial charge is 0.497 e. The number of fused-ring (bicyclic) bond motifs is 1. The van der Waals surface area contributed by atoms with Crippen molar-refractivity contribution in [1.82, 2.24) is 14.9 Å². The molecule has 12 heteroatoms. The molecule has 6 atom stereocenters. The van der Waals surface area contributed by atoms with E-state index in [2.05, 4.69) is 10.6 Å². The van der Waals surface area contributed by atoms with Gasteiger partial charge in [-0.2, -0.15) is 4.31 Å². The first-order valence-corrected chi connectivity index (χ1v) is 15.9. The van der Waals surface area contributed by atoms with Crippen molar-refractivity contribution in [1.29, 1.82) is 0 Å². The molecule has 1 aliphatic carbocycles. The van der Waals surface area contributed by atoms with E-state index in [1.54, 1.807) is 12.1 Å². The minimum Gasteiger partial charge on any atom is -0.497 e.